The molecule has 0 radical (unpaired) electrons. The Labute approximate surface area is 95.8 Å². The molecular formula is C9H12N6O2. The van der Waals surface area contributed by atoms with Crippen molar-refractivity contribution < 1.29 is 4.79 Å². The monoisotopic (exact) mass is 236 g/mol. The minimum Gasteiger partial charge on any atom is -0.350 e. The molecule has 0 bridgehead atoms. The number of rotatable bonds is 4. The highest BCUT2D eigenvalue weighted by atomic mass is 16.1. The molecule has 0 atom stereocenters. The summed E-state index contributed by atoms with van der Waals surface area (Å²) in [7, 11) is 0. The van der Waals surface area contributed by atoms with Gasteiger partial charge in [0.2, 0.25) is 5.91 Å². The van der Waals surface area contributed by atoms with Crippen molar-refractivity contribution in [1.82, 2.24) is 30.7 Å². The SMILES string of the molecule is Cc1nc(CC(=O)NCc2cc(=O)[nH][nH]2)n[nH]1. The highest BCUT2D eigenvalue weighted by molar-refractivity contribution is 5.77. The van der Waals surface area contributed by atoms with Gasteiger partial charge in [-0.2, -0.15) is 5.10 Å². The maximum absolute atomic E-state index is 11.5. The fourth-order valence-corrected chi connectivity index (χ4v) is 1.34. The Morgan fingerprint density at radius 1 is 1.47 bits per heavy atom. The molecule has 0 aromatic carbocycles. The molecule has 17 heavy (non-hydrogen) atoms. The number of aromatic nitrogens is 5. The predicted octanol–water partition coefficient (Wildman–Crippen LogP) is -1.01. The average molecular weight is 236 g/mol. The van der Waals surface area contributed by atoms with E-state index in [0.29, 0.717) is 17.3 Å². The van der Waals surface area contributed by atoms with Gasteiger partial charge < -0.3 is 10.4 Å². The van der Waals surface area contributed by atoms with Crippen LogP contribution in [0.5, 0.6) is 0 Å². The first kappa shape index (κ1) is 11.1. The Balaban J connectivity index is 1.83. The van der Waals surface area contributed by atoms with Gasteiger partial charge in [-0.25, -0.2) is 4.98 Å². The van der Waals surface area contributed by atoms with Crippen molar-refractivity contribution in [1.29, 1.82) is 0 Å². The summed E-state index contributed by atoms with van der Waals surface area (Å²) in [6, 6.07) is 1.39. The van der Waals surface area contributed by atoms with Crippen LogP contribution in [0.3, 0.4) is 0 Å². The number of nitrogens with one attached hydrogen (secondary N) is 4. The van der Waals surface area contributed by atoms with E-state index in [1.165, 1.54) is 6.07 Å². The third kappa shape index (κ3) is 3.03. The lowest BCUT2D eigenvalue weighted by Gasteiger charge is -2.00. The van der Waals surface area contributed by atoms with Crippen LogP contribution in [0.2, 0.25) is 0 Å². The zero-order valence-corrected chi connectivity index (χ0v) is 9.20. The number of H-pyrrole nitrogens is 3. The van der Waals surface area contributed by atoms with Gasteiger partial charge in [0, 0.05) is 6.07 Å². The molecule has 0 spiro atoms. The first-order valence-corrected chi connectivity index (χ1v) is 5.04. The van der Waals surface area contributed by atoms with E-state index in [1.54, 1.807) is 6.92 Å². The van der Waals surface area contributed by atoms with E-state index in [4.69, 9.17) is 0 Å². The number of hydrogen-bond donors (Lipinski definition) is 4. The van der Waals surface area contributed by atoms with E-state index in [0.717, 1.165) is 0 Å². The number of hydrogen-bond acceptors (Lipinski definition) is 4. The summed E-state index contributed by atoms with van der Waals surface area (Å²) in [4.78, 5) is 26.3. The van der Waals surface area contributed by atoms with Crippen LogP contribution in [0, 0.1) is 6.92 Å². The van der Waals surface area contributed by atoms with Crippen molar-refractivity contribution in [2.75, 3.05) is 0 Å². The minimum absolute atomic E-state index is 0.110. The summed E-state index contributed by atoms with van der Waals surface area (Å²) in [6.45, 7) is 2.03. The smallest absolute Gasteiger partial charge is 0.264 e. The van der Waals surface area contributed by atoms with E-state index in [-0.39, 0.29) is 24.4 Å². The second-order valence-electron chi connectivity index (χ2n) is 3.57. The average Bonchev–Trinajstić information content (AvgIpc) is 2.85. The van der Waals surface area contributed by atoms with Crippen LogP contribution in [-0.4, -0.2) is 31.3 Å². The number of aromatic amines is 3. The van der Waals surface area contributed by atoms with Crippen LogP contribution in [0.25, 0.3) is 0 Å². The van der Waals surface area contributed by atoms with Crippen LogP contribution < -0.4 is 10.9 Å². The van der Waals surface area contributed by atoms with E-state index in [2.05, 4.69) is 30.7 Å². The molecule has 0 unspecified atom stereocenters. The minimum atomic E-state index is -0.223. The molecule has 2 aromatic heterocycles. The summed E-state index contributed by atoms with van der Waals surface area (Å²) in [6.07, 6.45) is 0.110. The van der Waals surface area contributed by atoms with Crippen molar-refractivity contribution in [2.45, 2.75) is 19.9 Å². The summed E-state index contributed by atoms with van der Waals surface area (Å²) >= 11 is 0. The van der Waals surface area contributed by atoms with Gasteiger partial charge in [-0.1, -0.05) is 0 Å². The molecule has 0 aliphatic rings. The first-order valence-electron chi connectivity index (χ1n) is 5.04. The van der Waals surface area contributed by atoms with Gasteiger partial charge in [-0.15, -0.1) is 0 Å². The standard InChI is InChI=1S/C9H12N6O2/c1-5-11-7(14-12-5)3-8(16)10-4-6-2-9(17)15-13-6/h2H,3-4H2,1H3,(H,10,16)(H,11,12,14)(H2,13,15,17). The Morgan fingerprint density at radius 3 is 2.88 bits per heavy atom. The summed E-state index contributed by atoms with van der Waals surface area (Å²) in [5.41, 5.74) is 0.397. The lowest BCUT2D eigenvalue weighted by Crippen LogP contribution is -2.25. The number of carbonyl (C=O) groups excluding carboxylic acids is 1. The Bertz CT molecular complexity index is 566. The molecule has 0 aliphatic carbocycles. The molecule has 2 aromatic rings. The molecule has 0 fully saturated rings. The van der Waals surface area contributed by atoms with Gasteiger partial charge in [-0.3, -0.25) is 19.8 Å². The first-order chi connectivity index (χ1) is 8.13. The van der Waals surface area contributed by atoms with Crippen LogP contribution in [-0.2, 0) is 17.8 Å². The molecular weight excluding hydrogens is 224 g/mol. The molecule has 0 saturated heterocycles. The van der Waals surface area contributed by atoms with Gasteiger partial charge in [-0.05, 0) is 6.92 Å². The van der Waals surface area contributed by atoms with Gasteiger partial charge in [0.05, 0.1) is 18.7 Å². The van der Waals surface area contributed by atoms with Crippen molar-refractivity contribution in [2.24, 2.45) is 0 Å². The lowest BCUT2D eigenvalue weighted by molar-refractivity contribution is -0.120. The van der Waals surface area contributed by atoms with Crippen LogP contribution in [0.1, 0.15) is 17.3 Å². The predicted molar refractivity (Wildman–Crippen MR) is 58.1 cm³/mol. The lowest BCUT2D eigenvalue weighted by atomic mass is 10.3. The van der Waals surface area contributed by atoms with Crippen LogP contribution in [0.15, 0.2) is 10.9 Å². The summed E-state index contributed by atoms with van der Waals surface area (Å²) in [5, 5.41) is 14.2. The summed E-state index contributed by atoms with van der Waals surface area (Å²) < 4.78 is 0. The number of amides is 1. The highest BCUT2D eigenvalue weighted by Crippen LogP contribution is 1.93. The topological polar surface area (TPSA) is 119 Å². The fraction of sp³-hybridized carbons (Fsp3) is 0.333. The number of aryl methyl sites for hydroxylation is 1. The molecule has 0 aliphatic heterocycles. The normalized spacial score (nSPS) is 10.4. The molecule has 90 valence electrons. The Kier molecular flexibility index (Phi) is 3.03. The largest absolute Gasteiger partial charge is 0.350 e. The zero-order valence-electron chi connectivity index (χ0n) is 9.20. The van der Waals surface area contributed by atoms with Gasteiger partial charge >= 0.3 is 0 Å². The van der Waals surface area contributed by atoms with E-state index < -0.39 is 0 Å². The second-order valence-corrected chi connectivity index (χ2v) is 3.57. The molecule has 4 N–H and O–H groups in total. The molecule has 2 heterocycles. The third-order valence-corrected chi connectivity index (χ3v) is 2.09. The maximum Gasteiger partial charge on any atom is 0.264 e. The summed E-state index contributed by atoms with van der Waals surface area (Å²) in [5.74, 6) is 0.913. The zero-order chi connectivity index (χ0) is 12.3. The van der Waals surface area contributed by atoms with E-state index in [9.17, 15) is 9.59 Å². The van der Waals surface area contributed by atoms with E-state index >= 15 is 0 Å². The Morgan fingerprint density at radius 2 is 2.29 bits per heavy atom. The van der Waals surface area contributed by atoms with Gasteiger partial charge in [0.1, 0.15) is 5.82 Å². The number of nitrogens with zero attached hydrogens (tertiary/aromatic N) is 2. The molecule has 2 rings (SSSR count). The van der Waals surface area contributed by atoms with Crippen molar-refractivity contribution >= 4 is 5.91 Å². The van der Waals surface area contributed by atoms with Crippen LogP contribution in [0.4, 0.5) is 0 Å². The fourth-order valence-electron chi connectivity index (χ4n) is 1.34. The van der Waals surface area contributed by atoms with E-state index in [1.807, 2.05) is 0 Å². The van der Waals surface area contributed by atoms with Gasteiger partial charge in [0.15, 0.2) is 5.82 Å². The molecule has 8 nitrogen and oxygen atoms in total. The van der Waals surface area contributed by atoms with Crippen molar-refractivity contribution in [3.05, 3.63) is 33.8 Å². The van der Waals surface area contributed by atoms with Crippen molar-refractivity contribution in [3.8, 4) is 0 Å². The maximum atomic E-state index is 11.5. The molecule has 8 heteroatoms. The highest BCUT2D eigenvalue weighted by Gasteiger charge is 2.07. The quantitative estimate of drug-likeness (QED) is 0.543. The van der Waals surface area contributed by atoms with Crippen LogP contribution >= 0.6 is 0 Å². The third-order valence-electron chi connectivity index (χ3n) is 2.09. The second kappa shape index (κ2) is 4.64. The molecule has 1 amide bonds. The Hall–Kier alpha value is -2.38. The number of carbonyl (C=O) groups is 1. The van der Waals surface area contributed by atoms with Gasteiger partial charge in [0.25, 0.3) is 5.56 Å². The van der Waals surface area contributed by atoms with Crippen molar-refractivity contribution in [3.63, 3.8) is 0 Å². The molecule has 0 saturated carbocycles.